The van der Waals surface area contributed by atoms with Crippen molar-refractivity contribution in [2.75, 3.05) is 19.7 Å². The van der Waals surface area contributed by atoms with E-state index in [2.05, 4.69) is 29.3 Å². The molecular formula is C22H27ClN2O2. The van der Waals surface area contributed by atoms with Crippen molar-refractivity contribution in [1.29, 1.82) is 0 Å². The van der Waals surface area contributed by atoms with Gasteiger partial charge >= 0.3 is 0 Å². The van der Waals surface area contributed by atoms with Crippen molar-refractivity contribution in [3.63, 3.8) is 0 Å². The summed E-state index contributed by atoms with van der Waals surface area (Å²) in [5.41, 5.74) is 1.95. The first-order valence-electron chi connectivity index (χ1n) is 9.64. The molecule has 1 N–H and O–H groups in total. The van der Waals surface area contributed by atoms with Crippen LogP contribution in [0.3, 0.4) is 0 Å². The SMILES string of the molecule is CCCOc1ccc(C(=O)NC2CCN(Cc3ccc(Cl)cc3)CC2)cc1. The zero-order valence-electron chi connectivity index (χ0n) is 15.8. The van der Waals surface area contributed by atoms with Crippen molar-refractivity contribution in [2.45, 2.75) is 38.8 Å². The highest BCUT2D eigenvalue weighted by Crippen LogP contribution is 2.17. The molecule has 5 heteroatoms. The summed E-state index contributed by atoms with van der Waals surface area (Å²) in [5, 5.41) is 3.93. The fraction of sp³-hybridized carbons (Fsp3) is 0.409. The fourth-order valence-corrected chi connectivity index (χ4v) is 3.40. The smallest absolute Gasteiger partial charge is 0.251 e. The summed E-state index contributed by atoms with van der Waals surface area (Å²) in [6.45, 7) is 5.66. The molecule has 1 aliphatic rings. The van der Waals surface area contributed by atoms with Gasteiger partial charge in [-0.05, 0) is 61.2 Å². The summed E-state index contributed by atoms with van der Waals surface area (Å²) in [6.07, 6.45) is 2.91. The Balaban J connectivity index is 1.44. The van der Waals surface area contributed by atoms with Gasteiger partial charge in [0.1, 0.15) is 5.75 Å². The Bertz CT molecular complexity index is 723. The average molecular weight is 387 g/mol. The first-order chi connectivity index (χ1) is 13.1. The summed E-state index contributed by atoms with van der Waals surface area (Å²) in [4.78, 5) is 14.9. The second-order valence-corrected chi connectivity index (χ2v) is 7.46. The van der Waals surface area contributed by atoms with Crippen LogP contribution in [0.1, 0.15) is 42.1 Å². The number of rotatable bonds is 7. The number of amides is 1. The lowest BCUT2D eigenvalue weighted by atomic mass is 10.0. The number of halogens is 1. The van der Waals surface area contributed by atoms with Gasteiger partial charge < -0.3 is 10.1 Å². The van der Waals surface area contributed by atoms with Crippen LogP contribution in [0.2, 0.25) is 5.02 Å². The Hall–Kier alpha value is -2.04. The minimum Gasteiger partial charge on any atom is -0.494 e. The first kappa shape index (κ1) is 19.7. The molecule has 0 aromatic heterocycles. The molecule has 0 unspecified atom stereocenters. The van der Waals surface area contributed by atoms with Crippen LogP contribution >= 0.6 is 11.6 Å². The van der Waals surface area contributed by atoms with Gasteiger partial charge in [0, 0.05) is 36.3 Å². The van der Waals surface area contributed by atoms with Crippen LogP contribution in [-0.4, -0.2) is 36.5 Å². The van der Waals surface area contributed by atoms with Crippen LogP contribution in [0.25, 0.3) is 0 Å². The number of benzene rings is 2. The molecule has 2 aromatic rings. The number of ether oxygens (including phenoxy) is 1. The molecule has 1 heterocycles. The number of piperidine rings is 1. The molecule has 0 spiro atoms. The first-order valence-corrected chi connectivity index (χ1v) is 10.0. The highest BCUT2D eigenvalue weighted by atomic mass is 35.5. The fourth-order valence-electron chi connectivity index (χ4n) is 3.27. The highest BCUT2D eigenvalue weighted by Gasteiger charge is 2.21. The minimum absolute atomic E-state index is 0.00630. The van der Waals surface area contributed by atoms with Crippen molar-refractivity contribution >= 4 is 17.5 Å². The monoisotopic (exact) mass is 386 g/mol. The molecule has 144 valence electrons. The van der Waals surface area contributed by atoms with Crippen LogP contribution in [0.5, 0.6) is 5.75 Å². The maximum Gasteiger partial charge on any atom is 0.251 e. The maximum atomic E-state index is 12.5. The van der Waals surface area contributed by atoms with Crippen molar-refractivity contribution in [2.24, 2.45) is 0 Å². The van der Waals surface area contributed by atoms with E-state index < -0.39 is 0 Å². The number of carbonyl (C=O) groups is 1. The summed E-state index contributed by atoms with van der Waals surface area (Å²) >= 11 is 5.94. The molecule has 27 heavy (non-hydrogen) atoms. The Labute approximate surface area is 166 Å². The number of hydrogen-bond donors (Lipinski definition) is 1. The van der Waals surface area contributed by atoms with Gasteiger partial charge in [0.2, 0.25) is 0 Å². The average Bonchev–Trinajstić information content (AvgIpc) is 2.70. The Morgan fingerprint density at radius 2 is 1.78 bits per heavy atom. The number of nitrogens with one attached hydrogen (secondary N) is 1. The quantitative estimate of drug-likeness (QED) is 0.760. The van der Waals surface area contributed by atoms with Gasteiger partial charge in [-0.25, -0.2) is 0 Å². The van der Waals surface area contributed by atoms with E-state index in [0.717, 1.165) is 49.7 Å². The van der Waals surface area contributed by atoms with E-state index >= 15 is 0 Å². The van der Waals surface area contributed by atoms with Crippen LogP contribution in [0.15, 0.2) is 48.5 Å². The zero-order chi connectivity index (χ0) is 19.1. The van der Waals surface area contributed by atoms with Gasteiger partial charge in [-0.2, -0.15) is 0 Å². The Morgan fingerprint density at radius 3 is 2.41 bits per heavy atom. The third-order valence-corrected chi connectivity index (χ3v) is 5.08. The Kier molecular flexibility index (Phi) is 7.13. The molecule has 0 bridgehead atoms. The molecule has 1 aliphatic heterocycles. The van der Waals surface area contributed by atoms with E-state index in [1.807, 2.05) is 36.4 Å². The molecule has 2 aromatic carbocycles. The van der Waals surface area contributed by atoms with Gasteiger partial charge in [-0.15, -0.1) is 0 Å². The van der Waals surface area contributed by atoms with Crippen molar-refractivity contribution in [1.82, 2.24) is 10.2 Å². The lowest BCUT2D eigenvalue weighted by Crippen LogP contribution is -2.44. The third-order valence-electron chi connectivity index (χ3n) is 4.83. The predicted octanol–water partition coefficient (Wildman–Crippen LogP) is 4.52. The standard InChI is InChI=1S/C22H27ClN2O2/c1-2-15-27-21-9-5-18(6-10-21)22(26)24-20-11-13-25(14-12-20)16-17-3-7-19(23)8-4-17/h3-10,20H,2,11-16H2,1H3,(H,24,26). The Morgan fingerprint density at radius 1 is 1.11 bits per heavy atom. The molecule has 0 radical (unpaired) electrons. The normalized spacial score (nSPS) is 15.5. The van der Waals surface area contributed by atoms with Crippen LogP contribution in [0, 0.1) is 0 Å². The number of hydrogen-bond acceptors (Lipinski definition) is 3. The second-order valence-electron chi connectivity index (χ2n) is 7.02. The summed E-state index contributed by atoms with van der Waals surface area (Å²) in [7, 11) is 0. The second kappa shape index (κ2) is 9.77. The third kappa shape index (κ3) is 5.98. The molecule has 1 saturated heterocycles. The van der Waals surface area contributed by atoms with Gasteiger partial charge in [0.15, 0.2) is 0 Å². The highest BCUT2D eigenvalue weighted by molar-refractivity contribution is 6.30. The topological polar surface area (TPSA) is 41.6 Å². The molecule has 0 atom stereocenters. The number of carbonyl (C=O) groups excluding carboxylic acids is 1. The van der Waals surface area contributed by atoms with Gasteiger partial charge in [-0.1, -0.05) is 30.7 Å². The summed E-state index contributed by atoms with van der Waals surface area (Å²) in [5.74, 6) is 0.803. The van der Waals surface area contributed by atoms with Crippen LogP contribution < -0.4 is 10.1 Å². The van der Waals surface area contributed by atoms with Crippen molar-refractivity contribution in [3.8, 4) is 5.75 Å². The van der Waals surface area contributed by atoms with E-state index in [-0.39, 0.29) is 11.9 Å². The molecular weight excluding hydrogens is 360 g/mol. The summed E-state index contributed by atoms with van der Waals surface area (Å²) < 4.78 is 5.56. The lowest BCUT2D eigenvalue weighted by Gasteiger charge is -2.32. The van der Waals surface area contributed by atoms with E-state index in [1.165, 1.54) is 5.56 Å². The van der Waals surface area contributed by atoms with Crippen molar-refractivity contribution in [3.05, 3.63) is 64.7 Å². The largest absolute Gasteiger partial charge is 0.494 e. The van der Waals surface area contributed by atoms with Gasteiger partial charge in [0.25, 0.3) is 5.91 Å². The number of likely N-dealkylation sites (tertiary alicyclic amines) is 1. The zero-order valence-corrected chi connectivity index (χ0v) is 16.5. The molecule has 1 amide bonds. The van der Waals surface area contributed by atoms with Crippen LogP contribution in [-0.2, 0) is 6.54 Å². The van der Waals surface area contributed by atoms with Gasteiger partial charge in [-0.3, -0.25) is 9.69 Å². The van der Waals surface area contributed by atoms with E-state index in [0.29, 0.717) is 12.2 Å². The van der Waals surface area contributed by atoms with E-state index in [4.69, 9.17) is 16.3 Å². The van der Waals surface area contributed by atoms with E-state index in [9.17, 15) is 4.79 Å². The lowest BCUT2D eigenvalue weighted by molar-refractivity contribution is 0.0909. The molecule has 1 fully saturated rings. The van der Waals surface area contributed by atoms with E-state index in [1.54, 1.807) is 0 Å². The molecule has 3 rings (SSSR count). The minimum atomic E-state index is -0.00630. The number of nitrogens with zero attached hydrogens (tertiary/aromatic N) is 1. The van der Waals surface area contributed by atoms with Crippen molar-refractivity contribution < 1.29 is 9.53 Å². The van der Waals surface area contributed by atoms with Crippen LogP contribution in [0.4, 0.5) is 0 Å². The molecule has 4 nitrogen and oxygen atoms in total. The van der Waals surface area contributed by atoms with Gasteiger partial charge in [0.05, 0.1) is 6.61 Å². The molecule has 0 aliphatic carbocycles. The molecule has 0 saturated carbocycles. The predicted molar refractivity (Wildman–Crippen MR) is 109 cm³/mol. The maximum absolute atomic E-state index is 12.5. The summed E-state index contributed by atoms with van der Waals surface area (Å²) in [6, 6.07) is 15.6.